The number of allylic oxidation sites excluding steroid dienone is 4. The maximum Gasteiger partial charge on any atom is 0.509 e. The van der Waals surface area contributed by atoms with Crippen LogP contribution < -0.4 is 0 Å². The Hall–Kier alpha value is -2.80. The minimum absolute atomic E-state index is 0.0119. The van der Waals surface area contributed by atoms with Gasteiger partial charge in [-0.15, -0.1) is 0 Å². The number of halogens is 2. The maximum atomic E-state index is 17.4. The molecule has 0 saturated heterocycles. The highest BCUT2D eigenvalue weighted by molar-refractivity contribution is 6.01. The van der Waals surface area contributed by atoms with Crippen LogP contribution in [0, 0.1) is 39.9 Å². The van der Waals surface area contributed by atoms with Gasteiger partial charge in [-0.2, -0.15) is 5.26 Å². The molecule has 0 amide bonds. The summed E-state index contributed by atoms with van der Waals surface area (Å²) in [5.41, 5.74) is -8.33. The van der Waals surface area contributed by atoms with Gasteiger partial charge in [-0.05, 0) is 70.6 Å². The smallest absolute Gasteiger partial charge is 0.447 e. The van der Waals surface area contributed by atoms with Gasteiger partial charge in [0, 0.05) is 22.7 Å². The first-order valence-electron chi connectivity index (χ1n) is 12.9. The second kappa shape index (κ2) is 8.87. The molecule has 0 heterocycles. The lowest BCUT2D eigenvalue weighted by molar-refractivity contribution is -0.234. The average Bonchev–Trinajstić information content (AvgIpc) is 3.01. The van der Waals surface area contributed by atoms with Crippen LogP contribution in [-0.4, -0.2) is 58.8 Å². The summed E-state index contributed by atoms with van der Waals surface area (Å²) < 4.78 is 49.4. The normalized spacial score (nSPS) is 43.6. The topological polar surface area (TPSA) is 123 Å². The maximum absolute atomic E-state index is 17.4. The molecule has 0 aromatic heterocycles. The lowest BCUT2D eigenvalue weighted by Crippen LogP contribution is -2.71. The van der Waals surface area contributed by atoms with Crippen molar-refractivity contribution in [2.45, 2.75) is 90.0 Å². The van der Waals surface area contributed by atoms with E-state index in [1.807, 2.05) is 0 Å². The number of ketones is 1. The van der Waals surface area contributed by atoms with Gasteiger partial charge in [0.2, 0.25) is 5.60 Å². The van der Waals surface area contributed by atoms with E-state index in [9.17, 15) is 19.5 Å². The molecule has 3 fully saturated rings. The number of nitriles is 1. The molecule has 38 heavy (non-hydrogen) atoms. The zero-order valence-electron chi connectivity index (χ0n) is 22.5. The average molecular weight is 536 g/mol. The van der Waals surface area contributed by atoms with Gasteiger partial charge in [-0.1, -0.05) is 19.9 Å². The first-order chi connectivity index (χ1) is 17.5. The first kappa shape index (κ1) is 28.2. The lowest BCUT2D eigenvalue weighted by Gasteiger charge is -2.62. The van der Waals surface area contributed by atoms with Crippen molar-refractivity contribution >= 4 is 17.9 Å². The number of aliphatic hydroxyl groups excluding tert-OH is 1. The van der Waals surface area contributed by atoms with Crippen LogP contribution in [0.3, 0.4) is 0 Å². The van der Waals surface area contributed by atoms with Crippen molar-refractivity contribution < 1.29 is 42.5 Å². The van der Waals surface area contributed by atoms with E-state index in [0.717, 1.165) is 6.08 Å². The molecule has 4 rings (SSSR count). The van der Waals surface area contributed by atoms with Gasteiger partial charge < -0.3 is 19.3 Å². The Bertz CT molecular complexity index is 1150. The van der Waals surface area contributed by atoms with Crippen LogP contribution in [0.2, 0.25) is 0 Å². The van der Waals surface area contributed by atoms with Crippen molar-refractivity contribution in [3.63, 3.8) is 0 Å². The van der Waals surface area contributed by atoms with E-state index in [4.69, 9.17) is 19.5 Å². The van der Waals surface area contributed by atoms with Crippen molar-refractivity contribution in [3.8, 4) is 6.07 Å². The van der Waals surface area contributed by atoms with Crippen molar-refractivity contribution in [3.05, 3.63) is 23.8 Å². The molecule has 0 aromatic rings. The monoisotopic (exact) mass is 535 g/mol. The third-order valence-electron chi connectivity index (χ3n) is 9.37. The van der Waals surface area contributed by atoms with E-state index in [1.165, 1.54) is 19.1 Å². The van der Waals surface area contributed by atoms with Crippen molar-refractivity contribution in [2.24, 2.45) is 28.6 Å². The van der Waals surface area contributed by atoms with Crippen LogP contribution in [0.4, 0.5) is 13.6 Å². The van der Waals surface area contributed by atoms with E-state index in [-0.39, 0.29) is 24.8 Å². The number of nitrogens with zero attached hydrogens (tertiary/aromatic N) is 1. The van der Waals surface area contributed by atoms with Gasteiger partial charge in [-0.25, -0.2) is 18.4 Å². The van der Waals surface area contributed by atoms with Gasteiger partial charge in [0.1, 0.15) is 17.8 Å². The third kappa shape index (κ3) is 3.72. The minimum atomic E-state index is -2.36. The van der Waals surface area contributed by atoms with Crippen LogP contribution in [-0.2, 0) is 23.8 Å². The Morgan fingerprint density at radius 2 is 1.89 bits per heavy atom. The molecular weight excluding hydrogens is 500 g/mol. The van der Waals surface area contributed by atoms with E-state index in [1.54, 1.807) is 40.7 Å². The van der Waals surface area contributed by atoms with Gasteiger partial charge in [-0.3, -0.25) is 4.79 Å². The molecule has 0 radical (unpaired) electrons. The predicted octanol–water partition coefficient (Wildman–Crippen LogP) is 4.31. The number of ether oxygens (including phenoxy) is 3. The molecule has 3 saturated carbocycles. The molecule has 0 aliphatic heterocycles. The SMILES string of the molecule is C[C@@H]1C[C@H]2[C@@H]3C[C@H](F)C4=CC(=O)C=C[C@]4(C)[C@@]3(F)[C@@H](O)C[C@]2(C)[C@@]1(OC(=O)OC(C)(C)C)C(=O)OCC#N. The third-order valence-corrected chi connectivity index (χ3v) is 9.37. The van der Waals surface area contributed by atoms with E-state index < -0.39 is 82.2 Å². The fraction of sp³-hybridized carbons (Fsp3) is 0.714. The second-order valence-electron chi connectivity index (χ2n) is 12.5. The summed E-state index contributed by atoms with van der Waals surface area (Å²) in [6.07, 6.45) is -1.36. The first-order valence-corrected chi connectivity index (χ1v) is 12.9. The number of alkyl halides is 2. The summed E-state index contributed by atoms with van der Waals surface area (Å²) in [6.45, 7) is 9.00. The Morgan fingerprint density at radius 1 is 1.24 bits per heavy atom. The number of rotatable bonds is 3. The number of carbonyl (C=O) groups excluding carboxylic acids is 3. The fourth-order valence-corrected chi connectivity index (χ4v) is 7.83. The Kier molecular flexibility index (Phi) is 6.58. The molecule has 208 valence electrons. The Morgan fingerprint density at radius 3 is 2.50 bits per heavy atom. The van der Waals surface area contributed by atoms with Crippen molar-refractivity contribution in [2.75, 3.05) is 6.61 Å². The number of hydrogen-bond donors (Lipinski definition) is 1. The fourth-order valence-electron chi connectivity index (χ4n) is 7.83. The predicted molar refractivity (Wildman–Crippen MR) is 130 cm³/mol. The molecule has 0 aromatic carbocycles. The summed E-state index contributed by atoms with van der Waals surface area (Å²) in [7, 11) is 0. The number of esters is 1. The molecule has 0 bridgehead atoms. The van der Waals surface area contributed by atoms with E-state index in [0.29, 0.717) is 0 Å². The van der Waals surface area contributed by atoms with E-state index >= 15 is 8.78 Å². The summed E-state index contributed by atoms with van der Waals surface area (Å²) >= 11 is 0. The second-order valence-corrected chi connectivity index (χ2v) is 12.5. The van der Waals surface area contributed by atoms with Crippen LogP contribution in [0.15, 0.2) is 23.8 Å². The number of hydrogen-bond acceptors (Lipinski definition) is 8. The summed E-state index contributed by atoms with van der Waals surface area (Å²) in [4.78, 5) is 38.6. The van der Waals surface area contributed by atoms with Gasteiger partial charge in [0.05, 0.1) is 6.10 Å². The summed E-state index contributed by atoms with van der Waals surface area (Å²) in [5.74, 6) is -3.98. The quantitative estimate of drug-likeness (QED) is 0.531. The molecular formula is C28H35F2NO7. The van der Waals surface area contributed by atoms with E-state index in [2.05, 4.69) is 0 Å². The molecule has 0 spiro atoms. The zero-order valence-corrected chi connectivity index (χ0v) is 22.5. The Labute approximate surface area is 221 Å². The molecule has 4 aliphatic rings. The van der Waals surface area contributed by atoms with Gasteiger partial charge in [0.25, 0.3) is 0 Å². The standard InChI is InChI=1S/C28H35F2NO7/c1-15-11-17-18-13-20(29)19-12-16(32)7-8-25(19,5)27(18,30)21(33)14-26(17,6)28(15,22(34)36-10-9-31)38-23(35)37-24(2,3)4/h7-8,12,15,17-18,20-21,33H,10-11,13-14H2,1-6H3/t15-,17+,18+,20+,21+,25+,26+,27+,28+/m1/s1. The number of fused-ring (bicyclic) bond motifs is 5. The molecule has 0 unspecified atom stereocenters. The molecule has 4 aliphatic carbocycles. The summed E-state index contributed by atoms with van der Waals surface area (Å²) in [6, 6.07) is 1.72. The van der Waals surface area contributed by atoms with Gasteiger partial charge >= 0.3 is 12.1 Å². The highest BCUT2D eigenvalue weighted by Gasteiger charge is 2.79. The highest BCUT2D eigenvalue weighted by atomic mass is 19.1. The molecule has 8 nitrogen and oxygen atoms in total. The van der Waals surface area contributed by atoms with Gasteiger partial charge in [0.15, 0.2) is 18.1 Å². The van der Waals surface area contributed by atoms with Crippen LogP contribution >= 0.6 is 0 Å². The molecule has 10 heteroatoms. The largest absolute Gasteiger partial charge is 0.509 e. The highest BCUT2D eigenvalue weighted by Crippen LogP contribution is 2.71. The van der Waals surface area contributed by atoms with Crippen LogP contribution in [0.5, 0.6) is 0 Å². The van der Waals surface area contributed by atoms with Crippen LogP contribution in [0.1, 0.15) is 60.8 Å². The van der Waals surface area contributed by atoms with Crippen molar-refractivity contribution in [1.29, 1.82) is 5.26 Å². The molecule has 9 atom stereocenters. The number of aliphatic hydroxyl groups is 1. The Balaban J connectivity index is 1.84. The summed E-state index contributed by atoms with van der Waals surface area (Å²) in [5, 5.41) is 20.5. The number of carbonyl (C=O) groups is 3. The van der Waals surface area contributed by atoms with Crippen molar-refractivity contribution in [1.82, 2.24) is 0 Å². The molecule has 1 N–H and O–H groups in total. The zero-order chi connectivity index (χ0) is 28.5. The minimum Gasteiger partial charge on any atom is -0.447 e. The lowest BCUT2D eigenvalue weighted by atomic mass is 9.44. The van der Waals surface area contributed by atoms with Crippen LogP contribution in [0.25, 0.3) is 0 Å².